The van der Waals surface area contributed by atoms with Crippen molar-refractivity contribution < 1.29 is 5.11 Å². The van der Waals surface area contributed by atoms with E-state index in [0.717, 1.165) is 45.5 Å². The number of nitrogens with one attached hydrogen (secondary N) is 1. The number of anilines is 1. The van der Waals surface area contributed by atoms with Crippen molar-refractivity contribution in [3.63, 3.8) is 0 Å². The molecule has 1 heterocycles. The Kier molecular flexibility index (Phi) is 4.83. The van der Waals surface area contributed by atoms with Crippen LogP contribution in [-0.4, -0.2) is 22.1 Å². The van der Waals surface area contributed by atoms with E-state index < -0.39 is 0 Å². The Hall–Kier alpha value is -1.62. The van der Waals surface area contributed by atoms with Gasteiger partial charge in [-0.2, -0.15) is 0 Å². The average Bonchev–Trinajstić information content (AvgIpc) is 2.46. The normalized spacial score (nSPS) is 10.7. The summed E-state index contributed by atoms with van der Waals surface area (Å²) in [5.74, 6) is 1.79. The molecule has 21 heavy (non-hydrogen) atoms. The van der Waals surface area contributed by atoms with Gasteiger partial charge < -0.3 is 10.4 Å². The molecule has 0 spiro atoms. The minimum atomic E-state index is 0.332. The van der Waals surface area contributed by atoms with Gasteiger partial charge in [0.1, 0.15) is 11.6 Å². The highest BCUT2D eigenvalue weighted by Gasteiger charge is 2.14. The zero-order valence-electron chi connectivity index (χ0n) is 12.8. The lowest BCUT2D eigenvalue weighted by Crippen LogP contribution is -2.03. The largest absolute Gasteiger partial charge is 0.507 e. The highest BCUT2D eigenvalue weighted by Crippen LogP contribution is 2.31. The summed E-state index contributed by atoms with van der Waals surface area (Å²) in [6.45, 7) is 5.90. The van der Waals surface area contributed by atoms with E-state index in [1.807, 2.05) is 33.0 Å². The number of nitrogens with zero attached hydrogens (tertiary/aromatic N) is 2. The summed E-state index contributed by atoms with van der Waals surface area (Å²) < 4.78 is 0.919. The van der Waals surface area contributed by atoms with Crippen LogP contribution >= 0.6 is 15.9 Å². The molecule has 0 bridgehead atoms. The van der Waals surface area contributed by atoms with E-state index in [-0.39, 0.29) is 0 Å². The molecule has 0 atom stereocenters. The first-order valence-corrected chi connectivity index (χ1v) is 7.82. The molecule has 1 aromatic carbocycles. The molecule has 0 saturated heterocycles. The predicted octanol–water partition coefficient (Wildman–Crippen LogP) is 4.22. The minimum Gasteiger partial charge on any atom is -0.507 e. The number of aromatic nitrogens is 2. The summed E-state index contributed by atoms with van der Waals surface area (Å²) in [4.78, 5) is 9.24. The van der Waals surface area contributed by atoms with Gasteiger partial charge in [0.2, 0.25) is 0 Å². The first-order chi connectivity index (χ1) is 9.97. The lowest BCUT2D eigenvalue weighted by Gasteiger charge is -2.12. The zero-order chi connectivity index (χ0) is 15.6. The van der Waals surface area contributed by atoms with Gasteiger partial charge in [-0.25, -0.2) is 9.97 Å². The predicted molar refractivity (Wildman–Crippen MR) is 89.8 cm³/mol. The van der Waals surface area contributed by atoms with Gasteiger partial charge >= 0.3 is 0 Å². The highest BCUT2D eigenvalue weighted by molar-refractivity contribution is 9.10. The van der Waals surface area contributed by atoms with E-state index in [9.17, 15) is 5.11 Å². The lowest BCUT2D eigenvalue weighted by molar-refractivity contribution is 0.467. The topological polar surface area (TPSA) is 58.0 Å². The van der Waals surface area contributed by atoms with Gasteiger partial charge in [-0.15, -0.1) is 0 Å². The van der Waals surface area contributed by atoms with Crippen molar-refractivity contribution in [1.82, 2.24) is 9.97 Å². The van der Waals surface area contributed by atoms with Crippen LogP contribution < -0.4 is 5.32 Å². The zero-order valence-corrected chi connectivity index (χ0v) is 14.4. The first-order valence-electron chi connectivity index (χ1n) is 7.02. The Morgan fingerprint density at radius 3 is 2.33 bits per heavy atom. The molecule has 0 unspecified atom stereocenters. The molecule has 0 amide bonds. The molecule has 0 fully saturated rings. The number of hydrogen-bond donors (Lipinski definition) is 2. The summed E-state index contributed by atoms with van der Waals surface area (Å²) >= 11 is 3.56. The molecular formula is C16H20BrN3O. The maximum absolute atomic E-state index is 9.90. The fourth-order valence-electron chi connectivity index (χ4n) is 2.28. The van der Waals surface area contributed by atoms with Gasteiger partial charge in [0.05, 0.1) is 10.2 Å². The molecule has 5 heteroatoms. The second kappa shape index (κ2) is 6.43. The third kappa shape index (κ3) is 3.18. The lowest BCUT2D eigenvalue weighted by atomic mass is 10.1. The van der Waals surface area contributed by atoms with Gasteiger partial charge in [-0.05, 0) is 59.5 Å². The van der Waals surface area contributed by atoms with Crippen molar-refractivity contribution >= 4 is 21.7 Å². The van der Waals surface area contributed by atoms with E-state index in [2.05, 4.69) is 38.1 Å². The standard InChI is InChI=1S/C16H20BrN3O/c1-5-6-12-13(17)16(18-4)20-15(19-12)11-7-9(2)14(21)10(3)8-11/h7-8,21H,5-6H2,1-4H3,(H,18,19,20). The quantitative estimate of drug-likeness (QED) is 0.867. The van der Waals surface area contributed by atoms with Gasteiger partial charge in [-0.1, -0.05) is 13.3 Å². The van der Waals surface area contributed by atoms with E-state index in [4.69, 9.17) is 0 Å². The maximum atomic E-state index is 9.90. The van der Waals surface area contributed by atoms with E-state index in [1.54, 1.807) is 0 Å². The number of rotatable bonds is 4. The number of halogens is 1. The summed E-state index contributed by atoms with van der Waals surface area (Å²) in [6.07, 6.45) is 1.91. The molecule has 2 N–H and O–H groups in total. The second-order valence-electron chi connectivity index (χ2n) is 5.12. The van der Waals surface area contributed by atoms with Crippen molar-refractivity contribution in [2.24, 2.45) is 0 Å². The number of aromatic hydroxyl groups is 1. The van der Waals surface area contributed by atoms with E-state index in [1.165, 1.54) is 0 Å². The van der Waals surface area contributed by atoms with Crippen LogP contribution in [0.25, 0.3) is 11.4 Å². The van der Waals surface area contributed by atoms with Crippen LogP contribution in [0.15, 0.2) is 16.6 Å². The SMILES string of the molecule is CCCc1nc(-c2cc(C)c(O)c(C)c2)nc(NC)c1Br. The van der Waals surface area contributed by atoms with Gasteiger partial charge in [-0.3, -0.25) is 0 Å². The third-order valence-corrected chi connectivity index (χ3v) is 4.23. The Bertz CT molecular complexity index is 648. The highest BCUT2D eigenvalue weighted by atomic mass is 79.9. The van der Waals surface area contributed by atoms with E-state index in [0.29, 0.717) is 11.6 Å². The fraction of sp³-hybridized carbons (Fsp3) is 0.375. The molecule has 0 saturated carbocycles. The Morgan fingerprint density at radius 1 is 1.19 bits per heavy atom. The monoisotopic (exact) mass is 349 g/mol. The average molecular weight is 350 g/mol. The van der Waals surface area contributed by atoms with Crippen molar-refractivity contribution in [2.45, 2.75) is 33.6 Å². The van der Waals surface area contributed by atoms with Crippen LogP contribution in [0, 0.1) is 13.8 Å². The number of phenols is 1. The van der Waals surface area contributed by atoms with E-state index >= 15 is 0 Å². The Morgan fingerprint density at radius 2 is 1.81 bits per heavy atom. The molecule has 112 valence electrons. The number of aryl methyl sites for hydroxylation is 3. The third-order valence-electron chi connectivity index (χ3n) is 3.39. The van der Waals surface area contributed by atoms with Gasteiger partial charge in [0, 0.05) is 12.6 Å². The van der Waals surface area contributed by atoms with Crippen LogP contribution in [0.2, 0.25) is 0 Å². The van der Waals surface area contributed by atoms with Crippen molar-refractivity contribution in [2.75, 3.05) is 12.4 Å². The summed E-state index contributed by atoms with van der Waals surface area (Å²) in [6, 6.07) is 3.83. The van der Waals surface area contributed by atoms with Crippen LogP contribution in [-0.2, 0) is 6.42 Å². The van der Waals surface area contributed by atoms with Crippen LogP contribution in [0.1, 0.15) is 30.2 Å². The molecule has 0 aliphatic heterocycles. The van der Waals surface area contributed by atoms with Crippen molar-refractivity contribution in [1.29, 1.82) is 0 Å². The fourth-order valence-corrected chi connectivity index (χ4v) is 2.85. The Balaban J connectivity index is 2.60. The minimum absolute atomic E-state index is 0.332. The molecule has 2 rings (SSSR count). The molecule has 0 aliphatic carbocycles. The molecule has 0 aliphatic rings. The first kappa shape index (κ1) is 15.8. The van der Waals surface area contributed by atoms with Crippen LogP contribution in [0.4, 0.5) is 5.82 Å². The molecular weight excluding hydrogens is 330 g/mol. The van der Waals surface area contributed by atoms with Crippen LogP contribution in [0.5, 0.6) is 5.75 Å². The van der Waals surface area contributed by atoms with Crippen LogP contribution in [0.3, 0.4) is 0 Å². The van der Waals surface area contributed by atoms with Gasteiger partial charge in [0.25, 0.3) is 0 Å². The Labute approximate surface area is 133 Å². The van der Waals surface area contributed by atoms with Crippen molar-refractivity contribution in [3.05, 3.63) is 33.4 Å². The molecule has 0 radical (unpaired) electrons. The summed E-state index contributed by atoms with van der Waals surface area (Å²) in [5, 5.41) is 13.0. The summed E-state index contributed by atoms with van der Waals surface area (Å²) in [5.41, 5.74) is 3.58. The second-order valence-corrected chi connectivity index (χ2v) is 5.91. The molecule has 1 aromatic heterocycles. The van der Waals surface area contributed by atoms with Gasteiger partial charge in [0.15, 0.2) is 5.82 Å². The number of hydrogen-bond acceptors (Lipinski definition) is 4. The smallest absolute Gasteiger partial charge is 0.161 e. The number of phenolic OH excluding ortho intramolecular Hbond substituents is 1. The molecule has 4 nitrogen and oxygen atoms in total. The molecule has 2 aromatic rings. The maximum Gasteiger partial charge on any atom is 0.161 e. The summed E-state index contributed by atoms with van der Waals surface area (Å²) in [7, 11) is 1.85. The van der Waals surface area contributed by atoms with Crippen molar-refractivity contribution in [3.8, 4) is 17.1 Å². The number of benzene rings is 1.